The van der Waals surface area contributed by atoms with E-state index in [1.807, 2.05) is 6.21 Å². The maximum atomic E-state index is 4.50. The largest absolute Gasteiger partial charge is 0.337 e. The van der Waals surface area contributed by atoms with Crippen LogP contribution in [-0.2, 0) is 0 Å². The fourth-order valence-electron chi connectivity index (χ4n) is 2.97. The number of piperidine rings is 1. The van der Waals surface area contributed by atoms with Gasteiger partial charge in [0.25, 0.3) is 0 Å². The Balaban J connectivity index is 1.37. The van der Waals surface area contributed by atoms with Crippen LogP contribution in [0.4, 0.5) is 5.82 Å². The van der Waals surface area contributed by atoms with Crippen LogP contribution in [0.3, 0.4) is 0 Å². The number of nitrogens with zero attached hydrogens (tertiary/aromatic N) is 2. The number of aromatic nitrogens is 2. The van der Waals surface area contributed by atoms with Gasteiger partial charge in [-0.05, 0) is 54.7 Å². The lowest BCUT2D eigenvalue weighted by Gasteiger charge is -2.30. The summed E-state index contributed by atoms with van der Waals surface area (Å²) in [6.07, 6.45) is 6.52. The van der Waals surface area contributed by atoms with Gasteiger partial charge in [-0.25, -0.2) is 0 Å². The molecule has 1 atom stereocenters. The van der Waals surface area contributed by atoms with Crippen molar-refractivity contribution in [2.45, 2.75) is 43.9 Å². The first-order valence-corrected chi connectivity index (χ1v) is 9.06. The molecule has 1 aromatic heterocycles. The summed E-state index contributed by atoms with van der Waals surface area (Å²) >= 11 is 3.54. The number of nitrogens with one attached hydrogen (secondary N) is 5. The number of aliphatic imine (C=N–C) groups is 1. The lowest BCUT2D eigenvalue weighted by atomic mass is 10.1. The molecule has 124 valence electrons. The molecule has 1 aromatic rings. The SMILES string of the molecule is BrC1=C(Nc2cc(C3CC3)[nH]n2)NC(NC2CCNCC2)N=C1. The van der Waals surface area contributed by atoms with Crippen LogP contribution in [0.2, 0.25) is 0 Å². The normalized spacial score (nSPS) is 25.5. The first-order chi connectivity index (χ1) is 11.3. The van der Waals surface area contributed by atoms with E-state index in [0.29, 0.717) is 12.0 Å². The van der Waals surface area contributed by atoms with Crippen LogP contribution in [0.1, 0.15) is 37.3 Å². The average molecular weight is 380 g/mol. The Hall–Kier alpha value is -1.38. The molecule has 0 radical (unpaired) electrons. The van der Waals surface area contributed by atoms with Gasteiger partial charge in [0.05, 0.1) is 4.48 Å². The standard InChI is InChI=1S/C15H22BrN7/c16-11-8-18-15(19-10-3-5-17-6-4-10)21-14(11)20-13-7-12(22-23-13)9-1-2-9/h7-10,15,17,19,21H,1-6H2,(H2,20,22,23). The summed E-state index contributed by atoms with van der Waals surface area (Å²) in [5, 5.41) is 21.1. The second-order valence-corrected chi connectivity index (χ2v) is 7.20. The predicted molar refractivity (Wildman–Crippen MR) is 94.6 cm³/mol. The van der Waals surface area contributed by atoms with E-state index in [2.05, 4.69) is 58.5 Å². The Morgan fingerprint density at radius 1 is 1.17 bits per heavy atom. The van der Waals surface area contributed by atoms with E-state index >= 15 is 0 Å². The molecule has 3 aliphatic rings. The van der Waals surface area contributed by atoms with E-state index in [1.165, 1.54) is 18.5 Å². The highest BCUT2D eigenvalue weighted by molar-refractivity contribution is 9.12. The van der Waals surface area contributed by atoms with Gasteiger partial charge in [-0.3, -0.25) is 15.4 Å². The molecule has 0 aromatic carbocycles. The second kappa shape index (κ2) is 6.62. The molecular weight excluding hydrogens is 358 g/mol. The Bertz CT molecular complexity index is 613. The number of rotatable bonds is 5. The summed E-state index contributed by atoms with van der Waals surface area (Å²) in [7, 11) is 0. The zero-order chi connectivity index (χ0) is 15.6. The zero-order valence-corrected chi connectivity index (χ0v) is 14.5. The molecule has 1 saturated carbocycles. The van der Waals surface area contributed by atoms with Crippen molar-refractivity contribution < 1.29 is 0 Å². The van der Waals surface area contributed by atoms with Gasteiger partial charge in [0.2, 0.25) is 0 Å². The van der Waals surface area contributed by atoms with Crippen molar-refractivity contribution in [2.75, 3.05) is 18.4 Å². The van der Waals surface area contributed by atoms with Gasteiger partial charge in [-0.1, -0.05) is 0 Å². The molecule has 23 heavy (non-hydrogen) atoms. The molecule has 0 amide bonds. The smallest absolute Gasteiger partial charge is 0.175 e. The Labute approximate surface area is 143 Å². The van der Waals surface area contributed by atoms with Crippen molar-refractivity contribution in [3.63, 3.8) is 0 Å². The highest BCUT2D eigenvalue weighted by Crippen LogP contribution is 2.39. The molecular formula is C15H22BrN7. The monoisotopic (exact) mass is 379 g/mol. The minimum absolute atomic E-state index is 0.108. The number of halogens is 1. The lowest BCUT2D eigenvalue weighted by molar-refractivity contribution is 0.333. The van der Waals surface area contributed by atoms with Crippen LogP contribution >= 0.6 is 15.9 Å². The molecule has 1 unspecified atom stereocenters. The maximum absolute atomic E-state index is 4.50. The average Bonchev–Trinajstić information content (AvgIpc) is 3.32. The zero-order valence-electron chi connectivity index (χ0n) is 12.9. The first kappa shape index (κ1) is 15.2. The second-order valence-electron chi connectivity index (χ2n) is 6.35. The van der Waals surface area contributed by atoms with Crippen LogP contribution in [0, 0.1) is 0 Å². The topological polar surface area (TPSA) is 89.2 Å². The number of hydrogen-bond donors (Lipinski definition) is 5. The third-order valence-corrected chi connectivity index (χ3v) is 5.06. The molecule has 8 heteroatoms. The van der Waals surface area contributed by atoms with Crippen LogP contribution in [0.25, 0.3) is 0 Å². The number of allylic oxidation sites excluding steroid dienone is 1. The van der Waals surface area contributed by atoms with Gasteiger partial charge in [0.15, 0.2) is 12.1 Å². The summed E-state index contributed by atoms with van der Waals surface area (Å²) in [6, 6.07) is 2.59. The molecule has 1 aliphatic carbocycles. The minimum atomic E-state index is -0.108. The highest BCUT2D eigenvalue weighted by Gasteiger charge is 2.26. The van der Waals surface area contributed by atoms with E-state index in [9.17, 15) is 0 Å². The maximum Gasteiger partial charge on any atom is 0.175 e. The highest BCUT2D eigenvalue weighted by atomic mass is 79.9. The van der Waals surface area contributed by atoms with Crippen molar-refractivity contribution in [1.82, 2.24) is 26.1 Å². The Morgan fingerprint density at radius 3 is 2.78 bits per heavy atom. The van der Waals surface area contributed by atoms with Gasteiger partial charge < -0.3 is 16.0 Å². The van der Waals surface area contributed by atoms with Gasteiger partial charge >= 0.3 is 0 Å². The molecule has 5 N–H and O–H groups in total. The minimum Gasteiger partial charge on any atom is -0.337 e. The van der Waals surface area contributed by atoms with Crippen molar-refractivity contribution >= 4 is 28.0 Å². The van der Waals surface area contributed by atoms with E-state index in [0.717, 1.165) is 42.1 Å². The number of aromatic amines is 1. The summed E-state index contributed by atoms with van der Waals surface area (Å²) < 4.78 is 0.900. The van der Waals surface area contributed by atoms with Crippen molar-refractivity contribution in [2.24, 2.45) is 4.99 Å². The molecule has 1 saturated heterocycles. The fraction of sp³-hybridized carbons (Fsp3) is 0.600. The van der Waals surface area contributed by atoms with Gasteiger partial charge in [0.1, 0.15) is 5.82 Å². The molecule has 0 bridgehead atoms. The van der Waals surface area contributed by atoms with Crippen LogP contribution in [0.15, 0.2) is 21.4 Å². The molecule has 4 rings (SSSR count). The molecule has 7 nitrogen and oxygen atoms in total. The summed E-state index contributed by atoms with van der Waals surface area (Å²) in [5.74, 6) is 2.40. The van der Waals surface area contributed by atoms with Crippen molar-refractivity contribution in [3.8, 4) is 0 Å². The number of hydrogen-bond acceptors (Lipinski definition) is 6. The molecule has 0 spiro atoms. The molecule has 2 fully saturated rings. The third kappa shape index (κ3) is 3.76. The van der Waals surface area contributed by atoms with Gasteiger partial charge in [0, 0.05) is 29.9 Å². The van der Waals surface area contributed by atoms with Crippen molar-refractivity contribution in [3.05, 3.63) is 22.1 Å². The lowest BCUT2D eigenvalue weighted by Crippen LogP contribution is -2.51. The summed E-state index contributed by atoms with van der Waals surface area (Å²) in [4.78, 5) is 4.50. The van der Waals surface area contributed by atoms with Gasteiger partial charge in [-0.15, -0.1) is 0 Å². The van der Waals surface area contributed by atoms with E-state index in [1.54, 1.807) is 0 Å². The number of H-pyrrole nitrogens is 1. The quantitative estimate of drug-likeness (QED) is 0.535. The van der Waals surface area contributed by atoms with Crippen molar-refractivity contribution in [1.29, 1.82) is 0 Å². The van der Waals surface area contributed by atoms with Gasteiger partial charge in [-0.2, -0.15) is 5.10 Å². The Morgan fingerprint density at radius 2 is 2.00 bits per heavy atom. The van der Waals surface area contributed by atoms with Crippen LogP contribution < -0.4 is 21.3 Å². The van der Waals surface area contributed by atoms with E-state index in [4.69, 9.17) is 0 Å². The fourth-order valence-corrected chi connectivity index (χ4v) is 3.30. The third-order valence-electron chi connectivity index (χ3n) is 4.46. The first-order valence-electron chi connectivity index (χ1n) is 8.26. The molecule has 2 aliphatic heterocycles. The molecule has 3 heterocycles. The number of anilines is 1. The van der Waals surface area contributed by atoms with E-state index in [-0.39, 0.29) is 6.29 Å². The summed E-state index contributed by atoms with van der Waals surface area (Å²) in [5.41, 5.74) is 1.22. The van der Waals surface area contributed by atoms with E-state index < -0.39 is 0 Å². The predicted octanol–water partition coefficient (Wildman–Crippen LogP) is 1.56. The van der Waals surface area contributed by atoms with Crippen LogP contribution in [0.5, 0.6) is 0 Å². The Kier molecular flexibility index (Phi) is 4.37. The van der Waals surface area contributed by atoms with Crippen LogP contribution in [-0.4, -0.2) is 41.8 Å². The summed E-state index contributed by atoms with van der Waals surface area (Å²) in [6.45, 7) is 2.13.